The Bertz CT molecular complexity index is 1190. The van der Waals surface area contributed by atoms with Crippen LogP contribution in [0.15, 0.2) is 69.4 Å². The van der Waals surface area contributed by atoms with Crippen LogP contribution in [0.2, 0.25) is 0 Å². The number of phenols is 1. The first-order valence-corrected chi connectivity index (χ1v) is 10.6. The molecule has 10 heteroatoms. The van der Waals surface area contributed by atoms with Gasteiger partial charge in [-0.2, -0.15) is 0 Å². The number of rotatable bonds is 6. The Kier molecular flexibility index (Phi) is 5.95. The van der Waals surface area contributed by atoms with Gasteiger partial charge in [0.1, 0.15) is 17.8 Å². The number of nitrogens with one attached hydrogen (secondary N) is 2. The van der Waals surface area contributed by atoms with Gasteiger partial charge in [0.05, 0.1) is 22.6 Å². The van der Waals surface area contributed by atoms with Crippen molar-refractivity contribution in [3.05, 3.63) is 54.6 Å². The minimum atomic E-state index is -3.89. The molecule has 0 aromatic heterocycles. The number of aliphatic imine (C=N–C) groups is 1. The average Bonchev–Trinajstić information content (AvgIpc) is 2.71. The van der Waals surface area contributed by atoms with E-state index in [1.165, 1.54) is 25.3 Å². The first-order valence-electron chi connectivity index (χ1n) is 8.27. The molecule has 3 aromatic carbocycles. The number of phenolic OH excluding ortho intramolecular Hbond substituents is 1. The third-order valence-corrected chi connectivity index (χ3v) is 6.23. The summed E-state index contributed by atoms with van der Waals surface area (Å²) in [6, 6.07) is 14.3. The van der Waals surface area contributed by atoms with Crippen LogP contribution in [-0.2, 0) is 10.0 Å². The molecule has 150 valence electrons. The molecule has 8 nitrogen and oxygen atoms in total. The standard InChI is InChI=1S/C19H18N4O4S2/c1-27-12-6-8-13(9-7-12)29(25,26)23-16-10-17(28-19(21)22-11-20)18(24)15-5-3-2-4-14(15)16/h2-11,23-24H,1H3,(H3,20,21,22). The minimum Gasteiger partial charge on any atom is -0.506 e. The van der Waals surface area contributed by atoms with Crippen LogP contribution < -0.4 is 15.2 Å². The monoisotopic (exact) mass is 430 g/mol. The SMILES string of the molecule is COc1ccc(S(=O)(=O)Nc2cc(SC(N)=NC=N)c(O)c3ccccc23)cc1. The maximum Gasteiger partial charge on any atom is 0.261 e. The fourth-order valence-corrected chi connectivity index (χ4v) is 4.44. The number of hydrogen-bond donors (Lipinski definition) is 4. The Morgan fingerprint density at radius 1 is 1.21 bits per heavy atom. The maximum absolute atomic E-state index is 12.9. The van der Waals surface area contributed by atoms with E-state index in [-0.39, 0.29) is 21.5 Å². The molecular formula is C19H18N4O4S2. The molecule has 3 rings (SSSR count). The van der Waals surface area contributed by atoms with Crippen molar-refractivity contribution >= 4 is 49.8 Å². The van der Waals surface area contributed by atoms with Crippen molar-refractivity contribution in [2.75, 3.05) is 11.8 Å². The summed E-state index contributed by atoms with van der Waals surface area (Å²) in [5.41, 5.74) is 6.00. The smallest absolute Gasteiger partial charge is 0.261 e. The highest BCUT2D eigenvalue weighted by atomic mass is 32.2. The van der Waals surface area contributed by atoms with E-state index in [2.05, 4.69) is 9.71 Å². The van der Waals surface area contributed by atoms with Gasteiger partial charge in [-0.15, -0.1) is 0 Å². The number of hydrogen-bond acceptors (Lipinski definition) is 6. The van der Waals surface area contributed by atoms with Crippen molar-refractivity contribution in [3.63, 3.8) is 0 Å². The van der Waals surface area contributed by atoms with Crippen LogP contribution in [0.5, 0.6) is 11.5 Å². The Labute approximate surface area is 172 Å². The van der Waals surface area contributed by atoms with Crippen molar-refractivity contribution in [2.45, 2.75) is 9.79 Å². The molecule has 0 saturated heterocycles. The lowest BCUT2D eigenvalue weighted by atomic mass is 10.1. The van der Waals surface area contributed by atoms with E-state index in [9.17, 15) is 13.5 Å². The van der Waals surface area contributed by atoms with Gasteiger partial charge >= 0.3 is 0 Å². The van der Waals surface area contributed by atoms with Gasteiger partial charge in [-0.05, 0) is 42.1 Å². The van der Waals surface area contributed by atoms with Crippen LogP contribution >= 0.6 is 11.8 Å². The number of benzene rings is 3. The van der Waals surface area contributed by atoms with E-state index >= 15 is 0 Å². The fourth-order valence-electron chi connectivity index (χ4n) is 2.66. The van der Waals surface area contributed by atoms with Gasteiger partial charge in [0.2, 0.25) is 0 Å². The molecule has 0 aliphatic heterocycles. The molecule has 0 saturated carbocycles. The third-order valence-electron chi connectivity index (χ3n) is 4.00. The number of aromatic hydroxyl groups is 1. The number of amidine groups is 1. The number of anilines is 1. The molecule has 0 aliphatic rings. The Hall–Kier alpha value is -3.24. The van der Waals surface area contributed by atoms with Crippen molar-refractivity contribution < 1.29 is 18.3 Å². The van der Waals surface area contributed by atoms with Gasteiger partial charge in [-0.1, -0.05) is 24.3 Å². The second-order valence-corrected chi connectivity index (χ2v) is 8.54. The average molecular weight is 431 g/mol. The topological polar surface area (TPSA) is 138 Å². The number of ether oxygens (including phenoxy) is 1. The summed E-state index contributed by atoms with van der Waals surface area (Å²) < 4.78 is 33.4. The predicted molar refractivity (Wildman–Crippen MR) is 116 cm³/mol. The van der Waals surface area contributed by atoms with Crippen molar-refractivity contribution in [1.82, 2.24) is 0 Å². The summed E-state index contributed by atoms with van der Waals surface area (Å²) >= 11 is 0.926. The summed E-state index contributed by atoms with van der Waals surface area (Å²) in [7, 11) is -2.40. The van der Waals surface area contributed by atoms with Crippen LogP contribution in [0.25, 0.3) is 10.8 Å². The largest absolute Gasteiger partial charge is 0.506 e. The number of nitrogens with two attached hydrogens (primary N) is 1. The Balaban J connectivity index is 2.08. The van der Waals surface area contributed by atoms with Gasteiger partial charge in [-0.3, -0.25) is 10.1 Å². The van der Waals surface area contributed by atoms with E-state index in [1.807, 2.05) is 0 Å². The molecule has 0 bridgehead atoms. The zero-order valence-electron chi connectivity index (χ0n) is 15.3. The molecule has 29 heavy (non-hydrogen) atoms. The molecule has 0 radical (unpaired) electrons. The van der Waals surface area contributed by atoms with Gasteiger partial charge < -0.3 is 15.6 Å². The van der Waals surface area contributed by atoms with Gasteiger partial charge in [0.15, 0.2) is 5.17 Å². The predicted octanol–water partition coefficient (Wildman–Crippen LogP) is 3.37. The minimum absolute atomic E-state index is 0.0366. The molecule has 0 unspecified atom stereocenters. The summed E-state index contributed by atoms with van der Waals surface area (Å²) in [6.45, 7) is 0. The van der Waals surface area contributed by atoms with Crippen molar-refractivity contribution in [1.29, 1.82) is 5.41 Å². The van der Waals surface area contributed by atoms with E-state index in [1.54, 1.807) is 36.4 Å². The molecule has 0 heterocycles. The van der Waals surface area contributed by atoms with Crippen LogP contribution in [0.3, 0.4) is 0 Å². The highest BCUT2D eigenvalue weighted by Crippen LogP contribution is 2.40. The number of thioether (sulfide) groups is 1. The Morgan fingerprint density at radius 2 is 1.86 bits per heavy atom. The fraction of sp³-hybridized carbons (Fsp3) is 0.0526. The number of nitrogens with zero attached hydrogens (tertiary/aromatic N) is 1. The molecule has 0 atom stereocenters. The summed E-state index contributed by atoms with van der Waals surface area (Å²) in [5, 5.41) is 18.6. The van der Waals surface area contributed by atoms with Gasteiger partial charge in [0.25, 0.3) is 10.0 Å². The summed E-state index contributed by atoms with van der Waals surface area (Å²) in [6.07, 6.45) is 0.785. The highest BCUT2D eigenvalue weighted by molar-refractivity contribution is 8.14. The molecular weight excluding hydrogens is 412 g/mol. The molecule has 5 N–H and O–H groups in total. The maximum atomic E-state index is 12.9. The quantitative estimate of drug-likeness (QED) is 0.205. The number of fused-ring (bicyclic) bond motifs is 1. The lowest BCUT2D eigenvalue weighted by molar-refractivity contribution is 0.414. The van der Waals surface area contributed by atoms with E-state index in [0.29, 0.717) is 21.4 Å². The summed E-state index contributed by atoms with van der Waals surface area (Å²) in [5.74, 6) is 0.486. The molecule has 0 spiro atoms. The third kappa shape index (κ3) is 4.44. The lowest BCUT2D eigenvalue weighted by Gasteiger charge is -2.15. The normalized spacial score (nSPS) is 12.0. The van der Waals surface area contributed by atoms with Crippen LogP contribution in [0.4, 0.5) is 5.69 Å². The zero-order chi connectivity index (χ0) is 21.0. The van der Waals surface area contributed by atoms with Gasteiger partial charge in [0, 0.05) is 10.8 Å². The first-order chi connectivity index (χ1) is 13.9. The number of methoxy groups -OCH3 is 1. The second kappa shape index (κ2) is 8.41. The zero-order valence-corrected chi connectivity index (χ0v) is 16.9. The highest BCUT2D eigenvalue weighted by Gasteiger charge is 2.19. The number of sulfonamides is 1. The van der Waals surface area contributed by atoms with Crippen LogP contribution in [0.1, 0.15) is 0 Å². The van der Waals surface area contributed by atoms with E-state index < -0.39 is 10.0 Å². The molecule has 3 aromatic rings. The first kappa shape index (κ1) is 20.5. The van der Waals surface area contributed by atoms with Gasteiger partial charge in [-0.25, -0.2) is 13.4 Å². The summed E-state index contributed by atoms with van der Waals surface area (Å²) in [4.78, 5) is 4.02. The Morgan fingerprint density at radius 3 is 2.48 bits per heavy atom. The van der Waals surface area contributed by atoms with Crippen LogP contribution in [0, 0.1) is 5.41 Å². The van der Waals surface area contributed by atoms with Crippen molar-refractivity contribution in [2.24, 2.45) is 10.7 Å². The molecule has 0 amide bonds. The molecule has 0 aliphatic carbocycles. The van der Waals surface area contributed by atoms with Crippen LogP contribution in [-0.4, -0.2) is 32.1 Å². The van der Waals surface area contributed by atoms with E-state index in [4.69, 9.17) is 15.9 Å². The second-order valence-electron chi connectivity index (χ2n) is 5.80. The molecule has 0 fully saturated rings. The van der Waals surface area contributed by atoms with Crippen molar-refractivity contribution in [3.8, 4) is 11.5 Å². The lowest BCUT2D eigenvalue weighted by Crippen LogP contribution is -2.13. The van der Waals surface area contributed by atoms with E-state index in [0.717, 1.165) is 18.1 Å².